The fourth-order valence-corrected chi connectivity index (χ4v) is 4.32. The normalized spacial score (nSPS) is 26.5. The fraction of sp³-hybridized carbons (Fsp3) is 0.312. The van der Waals surface area contributed by atoms with Crippen LogP contribution < -0.4 is 27.2 Å². The molecule has 2 unspecified atom stereocenters. The lowest BCUT2D eigenvalue weighted by Crippen LogP contribution is -3.00. The van der Waals surface area contributed by atoms with Gasteiger partial charge < -0.3 is 27.2 Å². The molecule has 0 bridgehead atoms. The number of allylic oxidation sites excluding steroid dienone is 2. The van der Waals surface area contributed by atoms with Crippen LogP contribution in [-0.4, -0.2) is 35.9 Å². The molecule has 6 heteroatoms. The molecule has 4 nitrogen and oxygen atoms in total. The number of benzene rings is 1. The highest BCUT2D eigenvalue weighted by molar-refractivity contribution is 8.03. The average molecular weight is 335 g/mol. The molecule has 4 heterocycles. The van der Waals surface area contributed by atoms with E-state index in [0.717, 1.165) is 30.3 Å². The van der Waals surface area contributed by atoms with Gasteiger partial charge in [0.25, 0.3) is 0 Å². The van der Waals surface area contributed by atoms with E-state index >= 15 is 0 Å². The summed E-state index contributed by atoms with van der Waals surface area (Å²) in [6.07, 6.45) is 7.04. The lowest BCUT2D eigenvalue weighted by Gasteiger charge is -2.17. The molecule has 4 aliphatic rings. The first kappa shape index (κ1) is 14.0. The van der Waals surface area contributed by atoms with Gasteiger partial charge in [-0.2, -0.15) is 4.58 Å². The van der Waals surface area contributed by atoms with E-state index < -0.39 is 0 Å². The monoisotopic (exact) mass is 334 g/mol. The molecule has 0 amide bonds. The standard InChI is InChI=1S/C16H15N2O2S.ClH/c1-4-21-16-8-18-3-2-17-12-7-15-14(19-9-20-15)6-11(12)13(18)5-10(1)16;/h1,4-8,10,16-17H,2-3,9H2;1H/q+1;/p-1. The van der Waals surface area contributed by atoms with E-state index in [9.17, 15) is 0 Å². The van der Waals surface area contributed by atoms with Crippen LogP contribution in [0.1, 0.15) is 5.56 Å². The van der Waals surface area contributed by atoms with Crippen molar-refractivity contribution in [2.24, 2.45) is 5.92 Å². The molecular formula is C16H15ClN2O2S. The lowest BCUT2D eigenvalue weighted by molar-refractivity contribution is -0.425. The van der Waals surface area contributed by atoms with Crippen molar-refractivity contribution in [2.45, 2.75) is 5.25 Å². The van der Waals surface area contributed by atoms with Gasteiger partial charge in [0.1, 0.15) is 0 Å². The molecule has 1 aromatic carbocycles. The topological polar surface area (TPSA) is 33.5 Å². The minimum absolute atomic E-state index is 0. The summed E-state index contributed by atoms with van der Waals surface area (Å²) >= 11 is 1.90. The quantitative estimate of drug-likeness (QED) is 0.650. The predicted octanol–water partition coefficient (Wildman–Crippen LogP) is -0.472. The highest BCUT2D eigenvalue weighted by Gasteiger charge is 2.35. The third kappa shape index (κ3) is 2.03. The Bertz CT molecular complexity index is 729. The highest BCUT2D eigenvalue weighted by atomic mass is 35.5. The van der Waals surface area contributed by atoms with Gasteiger partial charge in [0.2, 0.25) is 12.5 Å². The summed E-state index contributed by atoms with van der Waals surface area (Å²) in [4.78, 5) is 0. The number of hydrogen-bond donors (Lipinski definition) is 1. The molecule has 0 saturated heterocycles. The minimum atomic E-state index is 0. The summed E-state index contributed by atoms with van der Waals surface area (Å²) in [6, 6.07) is 4.17. The number of ether oxygens (including phenoxy) is 2. The van der Waals surface area contributed by atoms with E-state index in [1.54, 1.807) is 0 Å². The largest absolute Gasteiger partial charge is 1.00 e. The van der Waals surface area contributed by atoms with Crippen LogP contribution in [0.3, 0.4) is 0 Å². The first-order valence-electron chi connectivity index (χ1n) is 7.22. The molecular weight excluding hydrogens is 320 g/mol. The lowest BCUT2D eigenvalue weighted by atomic mass is 9.97. The third-order valence-corrected chi connectivity index (χ3v) is 5.42. The molecule has 0 fully saturated rings. The number of thioether (sulfide) groups is 1. The van der Waals surface area contributed by atoms with Crippen molar-refractivity contribution in [3.05, 3.63) is 35.3 Å². The van der Waals surface area contributed by atoms with E-state index in [0.29, 0.717) is 18.0 Å². The number of halogens is 1. The maximum Gasteiger partial charge on any atom is 0.231 e. The molecule has 0 saturated carbocycles. The second kappa shape index (κ2) is 5.25. The summed E-state index contributed by atoms with van der Waals surface area (Å²) in [5.74, 6) is 2.18. The molecule has 2 atom stereocenters. The SMILES string of the molecule is C1=CC2C=C3c4cc5c(cc4NCC[N+]3=CC2S1)OCO5.[Cl-]. The Labute approximate surface area is 139 Å². The highest BCUT2D eigenvalue weighted by Crippen LogP contribution is 2.43. The van der Waals surface area contributed by atoms with Crippen molar-refractivity contribution >= 4 is 29.4 Å². The summed E-state index contributed by atoms with van der Waals surface area (Å²) < 4.78 is 13.4. The molecule has 0 radical (unpaired) electrons. The Morgan fingerprint density at radius 1 is 1.23 bits per heavy atom. The zero-order valence-electron chi connectivity index (χ0n) is 11.8. The van der Waals surface area contributed by atoms with Crippen molar-refractivity contribution in [1.29, 1.82) is 0 Å². The van der Waals surface area contributed by atoms with Gasteiger partial charge >= 0.3 is 0 Å². The van der Waals surface area contributed by atoms with Crippen molar-refractivity contribution < 1.29 is 26.5 Å². The maximum absolute atomic E-state index is 5.55. The first-order valence-corrected chi connectivity index (χ1v) is 8.16. The van der Waals surface area contributed by atoms with Gasteiger partial charge in [-0.25, -0.2) is 0 Å². The van der Waals surface area contributed by atoms with E-state index in [1.807, 2.05) is 11.8 Å². The molecule has 1 N–H and O–H groups in total. The van der Waals surface area contributed by atoms with E-state index in [-0.39, 0.29) is 12.4 Å². The van der Waals surface area contributed by atoms with Gasteiger partial charge in [-0.05, 0) is 11.5 Å². The molecule has 114 valence electrons. The van der Waals surface area contributed by atoms with E-state index in [2.05, 4.69) is 45.8 Å². The Hall–Kier alpha value is -1.59. The van der Waals surface area contributed by atoms with Gasteiger partial charge in [0.15, 0.2) is 24.3 Å². The van der Waals surface area contributed by atoms with Crippen molar-refractivity contribution in [2.75, 3.05) is 25.2 Å². The molecule has 4 aliphatic heterocycles. The van der Waals surface area contributed by atoms with Gasteiger partial charge in [-0.15, -0.1) is 11.8 Å². The van der Waals surface area contributed by atoms with Gasteiger partial charge in [-0.3, -0.25) is 0 Å². The number of anilines is 1. The summed E-state index contributed by atoms with van der Waals surface area (Å²) in [7, 11) is 0. The van der Waals surface area contributed by atoms with Crippen LogP contribution in [0.25, 0.3) is 5.70 Å². The molecule has 0 aromatic heterocycles. The average Bonchev–Trinajstić information content (AvgIpc) is 3.09. The Morgan fingerprint density at radius 3 is 3.00 bits per heavy atom. The predicted molar refractivity (Wildman–Crippen MR) is 84.2 cm³/mol. The smallest absolute Gasteiger partial charge is 0.231 e. The zero-order valence-corrected chi connectivity index (χ0v) is 13.4. The molecule has 1 aromatic rings. The molecule has 22 heavy (non-hydrogen) atoms. The van der Waals surface area contributed by atoms with Crippen LogP contribution in [0.2, 0.25) is 0 Å². The number of rotatable bonds is 0. The minimum Gasteiger partial charge on any atom is -1.00 e. The zero-order chi connectivity index (χ0) is 13.8. The number of nitrogens with zero attached hydrogens (tertiary/aromatic N) is 1. The summed E-state index contributed by atoms with van der Waals surface area (Å²) in [5.41, 5.74) is 3.62. The van der Waals surface area contributed by atoms with Gasteiger partial charge in [0.05, 0.1) is 23.0 Å². The van der Waals surface area contributed by atoms with Crippen LogP contribution in [0, 0.1) is 5.92 Å². The molecule has 0 spiro atoms. The Balaban J connectivity index is 0.00000125. The fourth-order valence-electron chi connectivity index (χ4n) is 3.30. The second-order valence-electron chi connectivity index (χ2n) is 5.58. The van der Waals surface area contributed by atoms with Crippen molar-refractivity contribution in [3.8, 4) is 11.5 Å². The third-order valence-electron chi connectivity index (χ3n) is 4.36. The van der Waals surface area contributed by atoms with E-state index in [1.165, 1.54) is 11.3 Å². The van der Waals surface area contributed by atoms with Crippen LogP contribution in [0.4, 0.5) is 5.69 Å². The van der Waals surface area contributed by atoms with Crippen LogP contribution in [-0.2, 0) is 0 Å². The maximum atomic E-state index is 5.55. The van der Waals surface area contributed by atoms with Crippen LogP contribution in [0.5, 0.6) is 11.5 Å². The number of hydrogen-bond acceptors (Lipinski definition) is 4. The van der Waals surface area contributed by atoms with E-state index in [4.69, 9.17) is 9.47 Å². The Kier molecular flexibility index (Phi) is 3.35. The van der Waals surface area contributed by atoms with Crippen molar-refractivity contribution in [3.63, 3.8) is 0 Å². The number of fused-ring (bicyclic) bond motifs is 5. The summed E-state index contributed by atoms with van der Waals surface area (Å²) in [6.45, 7) is 2.23. The second-order valence-corrected chi connectivity index (χ2v) is 6.67. The Morgan fingerprint density at radius 2 is 2.09 bits per heavy atom. The first-order chi connectivity index (χ1) is 10.4. The molecule has 0 aliphatic carbocycles. The van der Waals surface area contributed by atoms with Crippen LogP contribution in [0.15, 0.2) is 29.7 Å². The van der Waals surface area contributed by atoms with Gasteiger partial charge in [0, 0.05) is 18.1 Å². The summed E-state index contributed by atoms with van der Waals surface area (Å²) in [5, 5.41) is 6.28. The van der Waals surface area contributed by atoms with Crippen molar-refractivity contribution in [1.82, 2.24) is 0 Å². The molecule has 5 rings (SSSR count). The van der Waals surface area contributed by atoms with Gasteiger partial charge in [-0.1, -0.05) is 6.08 Å². The van der Waals surface area contributed by atoms with Crippen LogP contribution >= 0.6 is 11.8 Å². The number of nitrogens with one attached hydrogen (secondary N) is 1.